The Labute approximate surface area is 161 Å². The van der Waals surface area contributed by atoms with Crippen LogP contribution in [-0.2, 0) is 4.79 Å². The summed E-state index contributed by atoms with van der Waals surface area (Å²) in [5, 5.41) is 3.04. The topological polar surface area (TPSA) is 38.3 Å². The van der Waals surface area contributed by atoms with Gasteiger partial charge in [0.15, 0.2) is 0 Å². The number of hydrogen-bond acceptors (Lipinski definition) is 2. The van der Waals surface area contributed by atoms with Crippen molar-refractivity contribution in [1.82, 2.24) is 0 Å². The molecule has 0 fully saturated rings. The minimum Gasteiger partial charge on any atom is -0.493 e. The van der Waals surface area contributed by atoms with Crippen molar-refractivity contribution in [2.75, 3.05) is 11.9 Å². The molecule has 3 aromatic rings. The van der Waals surface area contributed by atoms with Crippen molar-refractivity contribution in [3.05, 3.63) is 96.1 Å². The SMILES string of the molecule is CC(C)COc1ccc(NC(=O)C(c2ccccc2)c2ccccc2)cc1. The molecule has 1 amide bonds. The first-order valence-corrected chi connectivity index (χ1v) is 9.27. The van der Waals surface area contributed by atoms with Gasteiger partial charge in [-0.25, -0.2) is 0 Å². The maximum Gasteiger partial charge on any atom is 0.236 e. The molecule has 0 spiro atoms. The van der Waals surface area contributed by atoms with E-state index in [1.165, 1.54) is 0 Å². The average molecular weight is 359 g/mol. The highest BCUT2D eigenvalue weighted by Gasteiger charge is 2.22. The Balaban J connectivity index is 1.77. The van der Waals surface area contributed by atoms with Crippen LogP contribution in [-0.4, -0.2) is 12.5 Å². The van der Waals surface area contributed by atoms with Crippen molar-refractivity contribution < 1.29 is 9.53 Å². The first kappa shape index (κ1) is 18.7. The third-order valence-electron chi connectivity index (χ3n) is 4.23. The molecule has 0 aromatic heterocycles. The van der Waals surface area contributed by atoms with Gasteiger partial charge in [0, 0.05) is 5.69 Å². The third kappa shape index (κ3) is 5.20. The Bertz CT molecular complexity index is 803. The predicted molar refractivity (Wildman–Crippen MR) is 110 cm³/mol. The van der Waals surface area contributed by atoms with Crippen molar-refractivity contribution in [3.8, 4) is 5.75 Å². The molecule has 0 aliphatic rings. The molecule has 3 nitrogen and oxygen atoms in total. The summed E-state index contributed by atoms with van der Waals surface area (Å²) in [6.45, 7) is 4.90. The molecule has 27 heavy (non-hydrogen) atoms. The van der Waals surface area contributed by atoms with Gasteiger partial charge in [-0.3, -0.25) is 4.79 Å². The van der Waals surface area contributed by atoms with Gasteiger partial charge < -0.3 is 10.1 Å². The lowest BCUT2D eigenvalue weighted by Gasteiger charge is -2.18. The number of benzene rings is 3. The van der Waals surface area contributed by atoms with Crippen molar-refractivity contribution in [2.24, 2.45) is 5.92 Å². The summed E-state index contributed by atoms with van der Waals surface area (Å²) in [6.07, 6.45) is 0. The monoisotopic (exact) mass is 359 g/mol. The van der Waals surface area contributed by atoms with Gasteiger partial charge in [0.2, 0.25) is 5.91 Å². The second kappa shape index (κ2) is 9.04. The van der Waals surface area contributed by atoms with E-state index >= 15 is 0 Å². The maximum absolute atomic E-state index is 13.1. The Hall–Kier alpha value is -3.07. The van der Waals surface area contributed by atoms with E-state index in [1.807, 2.05) is 84.9 Å². The molecule has 1 N–H and O–H groups in total. The second-order valence-electron chi connectivity index (χ2n) is 6.97. The van der Waals surface area contributed by atoms with Gasteiger partial charge in [-0.2, -0.15) is 0 Å². The van der Waals surface area contributed by atoms with Gasteiger partial charge in [-0.1, -0.05) is 74.5 Å². The molecular weight excluding hydrogens is 334 g/mol. The lowest BCUT2D eigenvalue weighted by Crippen LogP contribution is -2.22. The van der Waals surface area contributed by atoms with Crippen molar-refractivity contribution in [1.29, 1.82) is 0 Å². The summed E-state index contributed by atoms with van der Waals surface area (Å²) in [6, 6.07) is 27.2. The number of amides is 1. The fourth-order valence-electron chi connectivity index (χ4n) is 2.90. The number of carbonyl (C=O) groups is 1. The quantitative estimate of drug-likeness (QED) is 0.605. The fourth-order valence-corrected chi connectivity index (χ4v) is 2.90. The van der Waals surface area contributed by atoms with E-state index < -0.39 is 0 Å². The maximum atomic E-state index is 13.1. The van der Waals surface area contributed by atoms with E-state index in [2.05, 4.69) is 19.2 Å². The molecule has 3 heteroatoms. The van der Waals surface area contributed by atoms with Crippen LogP contribution in [0.4, 0.5) is 5.69 Å². The number of carbonyl (C=O) groups excluding carboxylic acids is 1. The van der Waals surface area contributed by atoms with Gasteiger partial charge in [0.05, 0.1) is 12.5 Å². The van der Waals surface area contributed by atoms with Crippen LogP contribution in [0.2, 0.25) is 0 Å². The highest BCUT2D eigenvalue weighted by molar-refractivity contribution is 5.98. The van der Waals surface area contributed by atoms with Crippen LogP contribution in [0.3, 0.4) is 0 Å². The largest absolute Gasteiger partial charge is 0.493 e. The van der Waals surface area contributed by atoms with Crippen molar-refractivity contribution in [3.63, 3.8) is 0 Å². The van der Waals surface area contributed by atoms with Crippen LogP contribution in [0.15, 0.2) is 84.9 Å². The summed E-state index contributed by atoms with van der Waals surface area (Å²) in [7, 11) is 0. The molecule has 0 aliphatic carbocycles. The van der Waals surface area contributed by atoms with Crippen LogP contribution in [0.5, 0.6) is 5.75 Å². The fraction of sp³-hybridized carbons (Fsp3) is 0.208. The van der Waals surface area contributed by atoms with E-state index in [0.29, 0.717) is 12.5 Å². The summed E-state index contributed by atoms with van der Waals surface area (Å²) >= 11 is 0. The van der Waals surface area contributed by atoms with E-state index in [-0.39, 0.29) is 11.8 Å². The zero-order chi connectivity index (χ0) is 19.1. The lowest BCUT2D eigenvalue weighted by atomic mass is 9.90. The van der Waals surface area contributed by atoms with Crippen LogP contribution in [0.1, 0.15) is 30.9 Å². The molecule has 0 bridgehead atoms. The van der Waals surface area contributed by atoms with Crippen LogP contribution in [0.25, 0.3) is 0 Å². The van der Waals surface area contributed by atoms with Crippen molar-refractivity contribution >= 4 is 11.6 Å². The highest BCUT2D eigenvalue weighted by Crippen LogP contribution is 2.26. The predicted octanol–water partition coefficient (Wildman–Crippen LogP) is 5.49. The Morgan fingerprint density at radius 3 is 1.81 bits per heavy atom. The number of anilines is 1. The summed E-state index contributed by atoms with van der Waals surface area (Å²) in [5.41, 5.74) is 2.70. The van der Waals surface area contributed by atoms with E-state index in [9.17, 15) is 4.79 Å². The van der Waals surface area contributed by atoms with Crippen LogP contribution >= 0.6 is 0 Å². The number of ether oxygens (including phenoxy) is 1. The molecule has 138 valence electrons. The van der Waals surface area contributed by atoms with E-state index in [0.717, 1.165) is 22.6 Å². The molecule has 0 heterocycles. The normalized spacial score (nSPS) is 10.8. The average Bonchev–Trinajstić information content (AvgIpc) is 2.69. The van der Waals surface area contributed by atoms with Crippen LogP contribution in [0, 0.1) is 5.92 Å². The molecular formula is C24H25NO2. The molecule has 0 radical (unpaired) electrons. The number of nitrogens with one attached hydrogen (secondary N) is 1. The summed E-state index contributed by atoms with van der Waals surface area (Å²) in [5.74, 6) is 0.874. The van der Waals surface area contributed by atoms with Gasteiger partial charge in [0.1, 0.15) is 5.75 Å². The molecule has 0 aliphatic heterocycles. The standard InChI is InChI=1S/C24H25NO2/c1-18(2)17-27-22-15-13-21(14-16-22)25-24(26)23(19-9-5-3-6-10-19)20-11-7-4-8-12-20/h3-16,18,23H,17H2,1-2H3,(H,25,26). The Morgan fingerprint density at radius 1 is 0.815 bits per heavy atom. The minimum absolute atomic E-state index is 0.0525. The highest BCUT2D eigenvalue weighted by atomic mass is 16.5. The van der Waals surface area contributed by atoms with E-state index in [1.54, 1.807) is 0 Å². The number of hydrogen-bond donors (Lipinski definition) is 1. The molecule has 0 saturated heterocycles. The Morgan fingerprint density at radius 2 is 1.33 bits per heavy atom. The zero-order valence-corrected chi connectivity index (χ0v) is 15.8. The van der Waals surface area contributed by atoms with Crippen LogP contribution < -0.4 is 10.1 Å². The van der Waals surface area contributed by atoms with Gasteiger partial charge in [-0.05, 0) is 41.3 Å². The van der Waals surface area contributed by atoms with Gasteiger partial charge in [0.25, 0.3) is 0 Å². The number of rotatable bonds is 7. The molecule has 0 saturated carbocycles. The first-order valence-electron chi connectivity index (χ1n) is 9.27. The molecule has 3 aromatic carbocycles. The Kier molecular flexibility index (Phi) is 6.26. The lowest BCUT2D eigenvalue weighted by molar-refractivity contribution is -0.116. The minimum atomic E-state index is -0.357. The second-order valence-corrected chi connectivity index (χ2v) is 6.97. The first-order chi connectivity index (χ1) is 13.1. The van der Waals surface area contributed by atoms with Crippen molar-refractivity contribution in [2.45, 2.75) is 19.8 Å². The zero-order valence-electron chi connectivity index (χ0n) is 15.8. The molecule has 0 atom stereocenters. The smallest absolute Gasteiger partial charge is 0.236 e. The third-order valence-corrected chi connectivity index (χ3v) is 4.23. The summed E-state index contributed by atoms with van der Waals surface area (Å²) < 4.78 is 5.70. The summed E-state index contributed by atoms with van der Waals surface area (Å²) in [4.78, 5) is 13.1. The van der Waals surface area contributed by atoms with E-state index in [4.69, 9.17) is 4.74 Å². The van der Waals surface area contributed by atoms with Gasteiger partial charge >= 0.3 is 0 Å². The van der Waals surface area contributed by atoms with Gasteiger partial charge in [-0.15, -0.1) is 0 Å². The molecule has 3 rings (SSSR count). The molecule has 0 unspecified atom stereocenters.